The zero-order valence-electron chi connectivity index (χ0n) is 10.2. The highest BCUT2D eigenvalue weighted by Crippen LogP contribution is 2.32. The van der Waals surface area contributed by atoms with Crippen molar-refractivity contribution >= 4 is 46.4 Å². The van der Waals surface area contributed by atoms with Gasteiger partial charge in [-0.05, 0) is 19.9 Å². The molecule has 100 valence electrons. The van der Waals surface area contributed by atoms with Crippen LogP contribution in [0.25, 0.3) is 0 Å². The number of hydrogen-bond donors (Lipinski definition) is 0. The molecule has 0 aromatic carbocycles. The summed E-state index contributed by atoms with van der Waals surface area (Å²) >= 11 is 12.8. The Morgan fingerprint density at radius 1 is 1.44 bits per heavy atom. The maximum Gasteiger partial charge on any atom is 0.325 e. The number of methoxy groups -OCH3 is 1. The third-order valence-corrected chi connectivity index (χ3v) is 3.79. The summed E-state index contributed by atoms with van der Waals surface area (Å²) in [5.74, 6) is -0.807. The fourth-order valence-electron chi connectivity index (χ4n) is 1.33. The van der Waals surface area contributed by atoms with Gasteiger partial charge in [-0.1, -0.05) is 23.2 Å². The lowest BCUT2D eigenvalue weighted by molar-refractivity contribution is -0.141. The summed E-state index contributed by atoms with van der Waals surface area (Å²) < 4.78 is 5.32. The minimum Gasteiger partial charge on any atom is -0.468 e. The Morgan fingerprint density at radius 3 is 2.44 bits per heavy atom. The van der Waals surface area contributed by atoms with E-state index in [1.54, 1.807) is 0 Å². The lowest BCUT2D eigenvalue weighted by Crippen LogP contribution is -2.41. The molecular formula is C11H13Cl2NO3S. The van der Waals surface area contributed by atoms with E-state index < -0.39 is 5.97 Å². The number of amides is 1. The van der Waals surface area contributed by atoms with E-state index >= 15 is 0 Å². The molecule has 1 amide bonds. The van der Waals surface area contributed by atoms with Gasteiger partial charge in [-0.2, -0.15) is 0 Å². The molecule has 0 spiro atoms. The zero-order valence-corrected chi connectivity index (χ0v) is 12.5. The number of hydrogen-bond acceptors (Lipinski definition) is 4. The molecule has 18 heavy (non-hydrogen) atoms. The summed E-state index contributed by atoms with van der Waals surface area (Å²) in [5.41, 5.74) is 0.310. The molecular weight excluding hydrogens is 297 g/mol. The molecule has 0 aliphatic heterocycles. The van der Waals surface area contributed by atoms with E-state index in [-0.39, 0.29) is 18.5 Å². The van der Waals surface area contributed by atoms with Gasteiger partial charge in [0.15, 0.2) is 0 Å². The topological polar surface area (TPSA) is 46.6 Å². The minimum atomic E-state index is -0.477. The highest BCUT2D eigenvalue weighted by molar-refractivity contribution is 7.20. The Labute approximate surface area is 119 Å². The molecule has 0 atom stereocenters. The van der Waals surface area contributed by atoms with Crippen LogP contribution in [0.3, 0.4) is 0 Å². The van der Waals surface area contributed by atoms with Crippen molar-refractivity contribution in [2.45, 2.75) is 19.9 Å². The molecule has 0 N–H and O–H groups in total. The fraction of sp³-hybridized carbons (Fsp3) is 0.455. The zero-order chi connectivity index (χ0) is 13.9. The first-order valence-electron chi connectivity index (χ1n) is 5.19. The number of carbonyl (C=O) groups is 2. The second-order valence-corrected chi connectivity index (χ2v) is 6.13. The van der Waals surface area contributed by atoms with Crippen molar-refractivity contribution in [2.24, 2.45) is 0 Å². The lowest BCUT2D eigenvalue weighted by atomic mass is 10.2. The molecule has 4 nitrogen and oxygen atoms in total. The molecule has 0 fully saturated rings. The van der Waals surface area contributed by atoms with Crippen molar-refractivity contribution in [1.82, 2.24) is 4.90 Å². The van der Waals surface area contributed by atoms with Gasteiger partial charge >= 0.3 is 5.97 Å². The SMILES string of the molecule is COC(=O)CN(C(=O)c1cc(Cl)sc1Cl)C(C)C. The molecule has 0 aliphatic carbocycles. The van der Waals surface area contributed by atoms with Gasteiger partial charge in [0.25, 0.3) is 5.91 Å². The van der Waals surface area contributed by atoms with E-state index in [4.69, 9.17) is 23.2 Å². The smallest absolute Gasteiger partial charge is 0.325 e. The molecule has 0 bridgehead atoms. The molecule has 1 aromatic heterocycles. The average molecular weight is 310 g/mol. The van der Waals surface area contributed by atoms with E-state index in [0.717, 1.165) is 11.3 Å². The van der Waals surface area contributed by atoms with Crippen LogP contribution in [-0.4, -0.2) is 36.5 Å². The second kappa shape index (κ2) is 6.41. The van der Waals surface area contributed by atoms with Crippen molar-refractivity contribution in [2.75, 3.05) is 13.7 Å². The van der Waals surface area contributed by atoms with Crippen molar-refractivity contribution in [3.8, 4) is 0 Å². The Morgan fingerprint density at radius 2 is 2.06 bits per heavy atom. The number of rotatable bonds is 4. The maximum absolute atomic E-state index is 12.3. The van der Waals surface area contributed by atoms with Crippen LogP contribution in [-0.2, 0) is 9.53 Å². The fourth-order valence-corrected chi connectivity index (χ4v) is 2.78. The largest absolute Gasteiger partial charge is 0.468 e. The molecule has 0 saturated carbocycles. The average Bonchev–Trinajstić information content (AvgIpc) is 2.63. The van der Waals surface area contributed by atoms with Crippen LogP contribution < -0.4 is 0 Å². The summed E-state index contributed by atoms with van der Waals surface area (Å²) in [6.45, 7) is 3.50. The van der Waals surface area contributed by atoms with E-state index in [1.165, 1.54) is 18.1 Å². The van der Waals surface area contributed by atoms with E-state index in [0.29, 0.717) is 14.2 Å². The first-order valence-corrected chi connectivity index (χ1v) is 6.76. The molecule has 0 saturated heterocycles. The van der Waals surface area contributed by atoms with Crippen LogP contribution in [0.4, 0.5) is 0 Å². The number of nitrogens with zero attached hydrogens (tertiary/aromatic N) is 1. The Kier molecular flexibility index (Phi) is 5.44. The molecule has 0 radical (unpaired) electrons. The highest BCUT2D eigenvalue weighted by atomic mass is 35.5. The Bertz CT molecular complexity index is 459. The molecule has 1 heterocycles. The molecule has 0 unspecified atom stereocenters. The van der Waals surface area contributed by atoms with Crippen LogP contribution in [0.1, 0.15) is 24.2 Å². The van der Waals surface area contributed by atoms with Crippen molar-refractivity contribution < 1.29 is 14.3 Å². The van der Waals surface area contributed by atoms with Crippen LogP contribution in [0.5, 0.6) is 0 Å². The third kappa shape index (κ3) is 3.60. The summed E-state index contributed by atoms with van der Waals surface area (Å²) in [4.78, 5) is 24.9. The van der Waals surface area contributed by atoms with Gasteiger partial charge in [-0.15, -0.1) is 11.3 Å². The van der Waals surface area contributed by atoms with Crippen molar-refractivity contribution in [3.05, 3.63) is 20.3 Å². The van der Waals surface area contributed by atoms with E-state index in [1.807, 2.05) is 13.8 Å². The van der Waals surface area contributed by atoms with Crippen LogP contribution in [0, 0.1) is 0 Å². The summed E-state index contributed by atoms with van der Waals surface area (Å²) in [6.07, 6.45) is 0. The predicted octanol–water partition coefficient (Wildman–Crippen LogP) is 3.08. The molecule has 1 aromatic rings. The van der Waals surface area contributed by atoms with E-state index in [2.05, 4.69) is 4.74 Å². The Balaban J connectivity index is 2.96. The standard InChI is InChI=1S/C11H13Cl2NO3S/c1-6(2)14(5-9(15)17-3)11(16)7-4-8(12)18-10(7)13/h4,6H,5H2,1-3H3. The molecule has 7 heteroatoms. The molecule has 1 rings (SSSR count). The summed E-state index contributed by atoms with van der Waals surface area (Å²) in [5, 5.41) is 0. The lowest BCUT2D eigenvalue weighted by Gasteiger charge is -2.25. The number of esters is 1. The summed E-state index contributed by atoms with van der Waals surface area (Å²) in [6, 6.07) is 1.36. The van der Waals surface area contributed by atoms with E-state index in [9.17, 15) is 9.59 Å². The predicted molar refractivity (Wildman–Crippen MR) is 72.5 cm³/mol. The summed E-state index contributed by atoms with van der Waals surface area (Å²) in [7, 11) is 1.28. The number of ether oxygens (including phenoxy) is 1. The van der Waals surface area contributed by atoms with Gasteiger partial charge in [0, 0.05) is 6.04 Å². The first kappa shape index (κ1) is 15.3. The number of thiophene rings is 1. The quantitative estimate of drug-likeness (QED) is 0.803. The third-order valence-electron chi connectivity index (χ3n) is 2.30. The van der Waals surface area contributed by atoms with Gasteiger partial charge in [0.2, 0.25) is 0 Å². The van der Waals surface area contributed by atoms with Gasteiger partial charge < -0.3 is 9.64 Å². The first-order chi connectivity index (χ1) is 8.36. The monoisotopic (exact) mass is 309 g/mol. The number of carbonyl (C=O) groups excluding carboxylic acids is 2. The van der Waals surface area contributed by atoms with Gasteiger partial charge in [-0.3, -0.25) is 9.59 Å². The van der Waals surface area contributed by atoms with Gasteiger partial charge in [-0.25, -0.2) is 0 Å². The van der Waals surface area contributed by atoms with Crippen molar-refractivity contribution in [1.29, 1.82) is 0 Å². The van der Waals surface area contributed by atoms with Crippen molar-refractivity contribution in [3.63, 3.8) is 0 Å². The van der Waals surface area contributed by atoms with Crippen LogP contribution in [0.2, 0.25) is 8.67 Å². The number of halogens is 2. The van der Waals surface area contributed by atoms with Crippen LogP contribution >= 0.6 is 34.5 Å². The minimum absolute atomic E-state index is 0.114. The van der Waals surface area contributed by atoms with Gasteiger partial charge in [0.05, 0.1) is 17.0 Å². The molecule has 0 aliphatic rings. The van der Waals surface area contributed by atoms with Crippen LogP contribution in [0.15, 0.2) is 6.07 Å². The second-order valence-electron chi connectivity index (χ2n) is 3.84. The Hall–Kier alpha value is -0.780. The maximum atomic E-state index is 12.3. The highest BCUT2D eigenvalue weighted by Gasteiger charge is 2.25. The normalized spacial score (nSPS) is 10.6. The van der Waals surface area contributed by atoms with Gasteiger partial charge in [0.1, 0.15) is 10.9 Å².